The van der Waals surface area contributed by atoms with Gasteiger partial charge in [-0.1, -0.05) is 26.2 Å². The lowest BCUT2D eigenvalue weighted by Crippen LogP contribution is -2.53. The third-order valence-electron chi connectivity index (χ3n) is 3.52. The summed E-state index contributed by atoms with van der Waals surface area (Å²) in [5.74, 6) is 0.503. The molecule has 0 atom stereocenters. The van der Waals surface area contributed by atoms with Crippen molar-refractivity contribution in [3.63, 3.8) is 0 Å². The number of nitrogens with zero attached hydrogens (tertiary/aromatic N) is 1. The molecule has 1 heterocycles. The maximum atomic E-state index is 12.1. The Kier molecular flexibility index (Phi) is 5.16. The Morgan fingerprint density at radius 1 is 1.29 bits per heavy atom. The molecule has 1 aliphatic rings. The number of carbonyl (C=O) groups excluding carboxylic acids is 2. The fraction of sp³-hybridized carbons (Fsp3) is 0.857. The van der Waals surface area contributed by atoms with E-state index in [1.807, 2.05) is 18.7 Å². The van der Waals surface area contributed by atoms with E-state index in [1.54, 1.807) is 0 Å². The minimum absolute atomic E-state index is 0.221. The van der Waals surface area contributed by atoms with Crippen LogP contribution in [0.2, 0.25) is 0 Å². The van der Waals surface area contributed by atoms with Gasteiger partial charge in [-0.3, -0.25) is 9.59 Å². The molecule has 0 saturated carbocycles. The average molecular weight is 239 g/mol. The summed E-state index contributed by atoms with van der Waals surface area (Å²) < 4.78 is 0. The van der Waals surface area contributed by atoms with E-state index in [0.29, 0.717) is 25.8 Å². The topological polar surface area (TPSA) is 37.4 Å². The SMILES string of the molecule is CCCCCCC(=O)N1CCC(=O)CC1(C)C. The number of rotatable bonds is 5. The predicted octanol–water partition coefficient (Wildman–Crippen LogP) is 2.93. The van der Waals surface area contributed by atoms with Gasteiger partial charge in [0.15, 0.2) is 0 Å². The van der Waals surface area contributed by atoms with E-state index in [-0.39, 0.29) is 17.2 Å². The van der Waals surface area contributed by atoms with Gasteiger partial charge in [-0.2, -0.15) is 0 Å². The zero-order chi connectivity index (χ0) is 12.9. The molecular formula is C14H25NO2. The van der Waals surface area contributed by atoms with Gasteiger partial charge in [-0.15, -0.1) is 0 Å². The number of piperidine rings is 1. The van der Waals surface area contributed by atoms with Crippen LogP contribution in [0.4, 0.5) is 0 Å². The van der Waals surface area contributed by atoms with Crippen LogP contribution in [0.1, 0.15) is 65.7 Å². The van der Waals surface area contributed by atoms with Crippen molar-refractivity contribution in [3.05, 3.63) is 0 Å². The first-order chi connectivity index (χ1) is 7.97. The molecular weight excluding hydrogens is 214 g/mol. The molecule has 0 aliphatic carbocycles. The molecule has 1 saturated heterocycles. The third-order valence-corrected chi connectivity index (χ3v) is 3.52. The van der Waals surface area contributed by atoms with Gasteiger partial charge < -0.3 is 4.90 Å². The summed E-state index contributed by atoms with van der Waals surface area (Å²) >= 11 is 0. The van der Waals surface area contributed by atoms with Crippen molar-refractivity contribution in [3.8, 4) is 0 Å². The molecule has 0 aromatic carbocycles. The van der Waals surface area contributed by atoms with Crippen LogP contribution in [-0.4, -0.2) is 28.7 Å². The maximum absolute atomic E-state index is 12.1. The molecule has 0 aromatic heterocycles. The van der Waals surface area contributed by atoms with Crippen molar-refractivity contribution < 1.29 is 9.59 Å². The second-order valence-corrected chi connectivity index (χ2v) is 5.63. The molecule has 0 bridgehead atoms. The number of hydrogen-bond acceptors (Lipinski definition) is 2. The first-order valence-electron chi connectivity index (χ1n) is 6.79. The summed E-state index contributed by atoms with van der Waals surface area (Å²) in [6.07, 6.45) is 6.19. The smallest absolute Gasteiger partial charge is 0.223 e. The van der Waals surface area contributed by atoms with Gasteiger partial charge in [-0.05, 0) is 20.3 Å². The van der Waals surface area contributed by atoms with E-state index in [4.69, 9.17) is 0 Å². The quantitative estimate of drug-likeness (QED) is 0.692. The first-order valence-corrected chi connectivity index (χ1v) is 6.79. The minimum atomic E-state index is -0.281. The highest BCUT2D eigenvalue weighted by atomic mass is 16.2. The van der Waals surface area contributed by atoms with Gasteiger partial charge in [0.05, 0.1) is 0 Å². The molecule has 1 aliphatic heterocycles. The van der Waals surface area contributed by atoms with Crippen LogP contribution in [-0.2, 0) is 9.59 Å². The number of carbonyl (C=O) groups is 2. The third kappa shape index (κ3) is 4.14. The molecule has 1 fully saturated rings. The Hall–Kier alpha value is -0.860. The summed E-state index contributed by atoms with van der Waals surface area (Å²) in [6.45, 7) is 6.77. The summed E-state index contributed by atoms with van der Waals surface area (Å²) in [5, 5.41) is 0. The second-order valence-electron chi connectivity index (χ2n) is 5.63. The number of ketones is 1. The van der Waals surface area contributed by atoms with Crippen molar-refractivity contribution in [2.24, 2.45) is 0 Å². The highest BCUT2D eigenvalue weighted by Gasteiger charge is 2.36. The standard InChI is InChI=1S/C14H25NO2/c1-4-5-6-7-8-13(17)15-10-9-12(16)11-14(15,2)3/h4-11H2,1-3H3. The highest BCUT2D eigenvalue weighted by molar-refractivity contribution is 5.85. The van der Waals surface area contributed by atoms with E-state index >= 15 is 0 Å². The van der Waals surface area contributed by atoms with Crippen LogP contribution in [0.5, 0.6) is 0 Å². The van der Waals surface area contributed by atoms with Crippen LogP contribution in [0.15, 0.2) is 0 Å². The molecule has 1 amide bonds. The van der Waals surface area contributed by atoms with Crippen LogP contribution in [0.25, 0.3) is 0 Å². The normalized spacial score (nSPS) is 19.5. The molecule has 0 N–H and O–H groups in total. The van der Waals surface area contributed by atoms with Gasteiger partial charge >= 0.3 is 0 Å². The Bertz CT molecular complexity index is 284. The van der Waals surface area contributed by atoms with Crippen LogP contribution in [0.3, 0.4) is 0 Å². The molecule has 3 nitrogen and oxygen atoms in total. The van der Waals surface area contributed by atoms with Crippen LogP contribution in [0, 0.1) is 0 Å². The summed E-state index contributed by atoms with van der Waals surface area (Å²) in [7, 11) is 0. The number of amides is 1. The molecule has 1 rings (SSSR count). The van der Waals surface area contributed by atoms with Crippen molar-refractivity contribution in [1.82, 2.24) is 4.90 Å². The lowest BCUT2D eigenvalue weighted by Gasteiger charge is -2.41. The first kappa shape index (κ1) is 14.2. The van der Waals surface area contributed by atoms with Gasteiger partial charge in [0.25, 0.3) is 0 Å². The van der Waals surface area contributed by atoms with E-state index < -0.39 is 0 Å². The Balaban J connectivity index is 2.42. The largest absolute Gasteiger partial charge is 0.337 e. The lowest BCUT2D eigenvalue weighted by molar-refractivity contribution is -0.142. The summed E-state index contributed by atoms with van der Waals surface area (Å²) in [5.41, 5.74) is -0.281. The number of likely N-dealkylation sites (tertiary alicyclic amines) is 1. The van der Waals surface area contributed by atoms with Gasteiger partial charge in [0.1, 0.15) is 5.78 Å². The predicted molar refractivity (Wildman–Crippen MR) is 68.8 cm³/mol. The molecule has 0 aromatic rings. The monoisotopic (exact) mass is 239 g/mol. The maximum Gasteiger partial charge on any atom is 0.223 e. The van der Waals surface area contributed by atoms with Crippen molar-refractivity contribution in [2.75, 3.05) is 6.54 Å². The average Bonchev–Trinajstić information content (AvgIpc) is 2.22. The molecule has 17 heavy (non-hydrogen) atoms. The fourth-order valence-corrected chi connectivity index (χ4v) is 2.51. The number of Topliss-reactive ketones (excluding diaryl/α,β-unsaturated/α-hetero) is 1. The van der Waals surface area contributed by atoms with E-state index in [0.717, 1.165) is 12.8 Å². The van der Waals surface area contributed by atoms with E-state index in [2.05, 4.69) is 6.92 Å². The Morgan fingerprint density at radius 3 is 2.59 bits per heavy atom. The summed E-state index contributed by atoms with van der Waals surface area (Å²) in [4.78, 5) is 25.4. The number of hydrogen-bond donors (Lipinski definition) is 0. The van der Waals surface area contributed by atoms with E-state index in [9.17, 15) is 9.59 Å². The zero-order valence-corrected chi connectivity index (χ0v) is 11.4. The second kappa shape index (κ2) is 6.18. The van der Waals surface area contributed by atoms with Crippen LogP contribution < -0.4 is 0 Å². The zero-order valence-electron chi connectivity index (χ0n) is 11.4. The molecule has 3 heteroatoms. The van der Waals surface area contributed by atoms with Crippen molar-refractivity contribution in [1.29, 1.82) is 0 Å². The molecule has 0 unspecified atom stereocenters. The molecule has 98 valence electrons. The van der Waals surface area contributed by atoms with Crippen LogP contribution >= 0.6 is 0 Å². The molecule has 0 radical (unpaired) electrons. The van der Waals surface area contributed by atoms with Crippen molar-refractivity contribution >= 4 is 11.7 Å². The van der Waals surface area contributed by atoms with Crippen molar-refractivity contribution in [2.45, 2.75) is 71.3 Å². The van der Waals surface area contributed by atoms with Gasteiger partial charge in [0, 0.05) is 31.3 Å². The van der Waals surface area contributed by atoms with E-state index in [1.165, 1.54) is 12.8 Å². The fourth-order valence-electron chi connectivity index (χ4n) is 2.51. The van der Waals surface area contributed by atoms with Gasteiger partial charge in [-0.25, -0.2) is 0 Å². The molecule has 0 spiro atoms. The Morgan fingerprint density at radius 2 is 2.00 bits per heavy atom. The van der Waals surface area contributed by atoms with Gasteiger partial charge in [0.2, 0.25) is 5.91 Å². The number of unbranched alkanes of at least 4 members (excludes halogenated alkanes) is 3. The minimum Gasteiger partial charge on any atom is -0.337 e. The Labute approximate surface area is 105 Å². The highest BCUT2D eigenvalue weighted by Crippen LogP contribution is 2.26. The summed E-state index contributed by atoms with van der Waals surface area (Å²) in [6, 6.07) is 0. The lowest BCUT2D eigenvalue weighted by atomic mass is 9.89.